The van der Waals surface area contributed by atoms with E-state index < -0.39 is 11.6 Å². The topological polar surface area (TPSA) is 0 Å². The molecule has 2 rings (SSSR count). The van der Waals surface area contributed by atoms with Crippen molar-refractivity contribution >= 4 is 6.08 Å². The van der Waals surface area contributed by atoms with Crippen LogP contribution in [-0.2, 0) is 19.3 Å². The van der Waals surface area contributed by atoms with Crippen molar-refractivity contribution in [2.45, 2.75) is 46.0 Å². The van der Waals surface area contributed by atoms with Crippen molar-refractivity contribution in [2.75, 3.05) is 0 Å². The molecule has 0 radical (unpaired) electrons. The van der Waals surface area contributed by atoms with Crippen LogP contribution in [0.15, 0.2) is 42.5 Å². The van der Waals surface area contributed by atoms with Crippen LogP contribution >= 0.6 is 0 Å². The average Bonchev–Trinajstić information content (AvgIpc) is 2.55. The van der Waals surface area contributed by atoms with Gasteiger partial charge in [0.05, 0.1) is 0 Å². The molecule has 122 valence electrons. The molecule has 0 atom stereocenters. The third-order valence-corrected chi connectivity index (χ3v) is 3.93. The Bertz CT molecular complexity index is 631. The zero-order chi connectivity index (χ0) is 16.7. The SMILES string of the molecule is CC/C=C/c1ccc(CCc2cc(F)c(CCC)c(F)c2)cc1. The highest BCUT2D eigenvalue weighted by atomic mass is 19.1. The molecule has 0 nitrogen and oxygen atoms in total. The number of allylic oxidation sites excluding steroid dienone is 1. The molecule has 0 fully saturated rings. The lowest BCUT2D eigenvalue weighted by molar-refractivity contribution is 0.549. The van der Waals surface area contributed by atoms with Crippen LogP contribution in [0.3, 0.4) is 0 Å². The zero-order valence-corrected chi connectivity index (χ0v) is 13.9. The second-order valence-electron chi connectivity index (χ2n) is 5.84. The van der Waals surface area contributed by atoms with Crippen LogP contribution in [0.2, 0.25) is 0 Å². The van der Waals surface area contributed by atoms with E-state index in [2.05, 4.69) is 43.3 Å². The highest BCUT2D eigenvalue weighted by molar-refractivity contribution is 5.49. The van der Waals surface area contributed by atoms with Gasteiger partial charge in [-0.1, -0.05) is 56.7 Å². The number of hydrogen-bond donors (Lipinski definition) is 0. The van der Waals surface area contributed by atoms with Gasteiger partial charge in [-0.3, -0.25) is 0 Å². The predicted octanol–water partition coefficient (Wildman–Crippen LogP) is 6.13. The van der Waals surface area contributed by atoms with Gasteiger partial charge in [0.25, 0.3) is 0 Å². The van der Waals surface area contributed by atoms with Crippen LogP contribution in [0, 0.1) is 11.6 Å². The Morgan fingerprint density at radius 2 is 1.43 bits per heavy atom. The largest absolute Gasteiger partial charge is 0.207 e. The van der Waals surface area contributed by atoms with E-state index in [0.29, 0.717) is 12.8 Å². The van der Waals surface area contributed by atoms with E-state index in [1.165, 1.54) is 23.3 Å². The van der Waals surface area contributed by atoms with Gasteiger partial charge in [-0.15, -0.1) is 0 Å². The summed E-state index contributed by atoms with van der Waals surface area (Å²) in [5.41, 5.74) is 3.28. The van der Waals surface area contributed by atoms with Crippen LogP contribution in [0.25, 0.3) is 6.08 Å². The third kappa shape index (κ3) is 5.02. The standard InChI is InChI=1S/C21H24F2/c1-3-5-7-16-8-10-17(11-9-16)12-13-18-14-20(22)19(6-4-2)21(23)15-18/h5,7-11,14-15H,3-4,6,12-13H2,1-2H3/b7-5+. The highest BCUT2D eigenvalue weighted by Crippen LogP contribution is 2.19. The van der Waals surface area contributed by atoms with E-state index in [4.69, 9.17) is 0 Å². The summed E-state index contributed by atoms with van der Waals surface area (Å²) in [6.07, 6.45) is 7.86. The maximum Gasteiger partial charge on any atom is 0.129 e. The molecule has 0 bridgehead atoms. The van der Waals surface area contributed by atoms with Crippen LogP contribution in [0.4, 0.5) is 8.78 Å². The van der Waals surface area contributed by atoms with Crippen LogP contribution in [0.5, 0.6) is 0 Å². The van der Waals surface area contributed by atoms with Crippen LogP contribution in [0.1, 0.15) is 48.9 Å². The highest BCUT2D eigenvalue weighted by Gasteiger charge is 2.10. The summed E-state index contributed by atoms with van der Waals surface area (Å²) in [6, 6.07) is 11.3. The number of rotatable bonds is 7. The third-order valence-electron chi connectivity index (χ3n) is 3.93. The summed E-state index contributed by atoms with van der Waals surface area (Å²) >= 11 is 0. The second-order valence-corrected chi connectivity index (χ2v) is 5.84. The molecule has 0 aliphatic rings. The smallest absolute Gasteiger partial charge is 0.129 e. The minimum Gasteiger partial charge on any atom is -0.207 e. The molecule has 0 amide bonds. The number of aryl methyl sites for hydroxylation is 2. The predicted molar refractivity (Wildman–Crippen MR) is 93.5 cm³/mol. The second kappa shape index (κ2) is 8.61. The van der Waals surface area contributed by atoms with Gasteiger partial charge in [0.2, 0.25) is 0 Å². The molecule has 2 heteroatoms. The Hall–Kier alpha value is -1.96. The average molecular weight is 314 g/mol. The number of hydrogen-bond acceptors (Lipinski definition) is 0. The maximum atomic E-state index is 13.9. The quantitative estimate of drug-likeness (QED) is 0.577. The Morgan fingerprint density at radius 1 is 0.826 bits per heavy atom. The first-order valence-electron chi connectivity index (χ1n) is 8.36. The van der Waals surface area contributed by atoms with E-state index in [1.807, 2.05) is 6.92 Å². The van der Waals surface area contributed by atoms with Gasteiger partial charge in [0.1, 0.15) is 11.6 Å². The summed E-state index contributed by atoms with van der Waals surface area (Å²) in [6.45, 7) is 4.03. The monoisotopic (exact) mass is 314 g/mol. The molecular weight excluding hydrogens is 290 g/mol. The molecule has 0 unspecified atom stereocenters. The summed E-state index contributed by atoms with van der Waals surface area (Å²) in [5, 5.41) is 0. The lowest BCUT2D eigenvalue weighted by atomic mass is 10.00. The molecular formula is C21H24F2. The Morgan fingerprint density at radius 3 is 2.00 bits per heavy atom. The summed E-state index contributed by atoms with van der Waals surface area (Å²) < 4.78 is 27.9. The molecule has 0 heterocycles. The van der Waals surface area contributed by atoms with E-state index in [9.17, 15) is 8.78 Å². The molecule has 0 N–H and O–H groups in total. The van der Waals surface area contributed by atoms with Crippen molar-refractivity contribution in [3.05, 3.63) is 76.4 Å². The fourth-order valence-corrected chi connectivity index (χ4v) is 2.63. The molecule has 0 spiro atoms. The first-order valence-corrected chi connectivity index (χ1v) is 8.36. The van der Waals surface area contributed by atoms with Gasteiger partial charge >= 0.3 is 0 Å². The molecule has 0 aliphatic heterocycles. The molecule has 0 aromatic heterocycles. The van der Waals surface area contributed by atoms with Gasteiger partial charge in [-0.25, -0.2) is 8.78 Å². The van der Waals surface area contributed by atoms with E-state index in [0.717, 1.165) is 24.8 Å². The summed E-state index contributed by atoms with van der Waals surface area (Å²) in [7, 11) is 0. The fourth-order valence-electron chi connectivity index (χ4n) is 2.63. The Balaban J connectivity index is 2.02. The molecule has 0 saturated heterocycles. The molecule has 2 aromatic carbocycles. The van der Waals surface area contributed by atoms with E-state index in [-0.39, 0.29) is 5.56 Å². The van der Waals surface area contributed by atoms with Gasteiger partial charge in [0, 0.05) is 5.56 Å². The van der Waals surface area contributed by atoms with Crippen LogP contribution in [-0.4, -0.2) is 0 Å². The molecule has 0 aliphatic carbocycles. The van der Waals surface area contributed by atoms with Gasteiger partial charge in [-0.05, 0) is 54.5 Å². The first-order chi connectivity index (χ1) is 11.1. The lowest BCUT2D eigenvalue weighted by Crippen LogP contribution is -2.00. The van der Waals surface area contributed by atoms with Crippen molar-refractivity contribution in [3.63, 3.8) is 0 Å². The number of benzene rings is 2. The lowest BCUT2D eigenvalue weighted by Gasteiger charge is -2.08. The fraction of sp³-hybridized carbons (Fsp3) is 0.333. The molecule has 2 aromatic rings. The van der Waals surface area contributed by atoms with Gasteiger partial charge in [-0.2, -0.15) is 0 Å². The summed E-state index contributed by atoms with van der Waals surface area (Å²) in [4.78, 5) is 0. The normalized spacial score (nSPS) is 11.3. The van der Waals surface area contributed by atoms with E-state index in [1.54, 1.807) is 0 Å². The maximum absolute atomic E-state index is 13.9. The van der Waals surface area contributed by atoms with Crippen molar-refractivity contribution in [2.24, 2.45) is 0 Å². The van der Waals surface area contributed by atoms with Crippen LogP contribution < -0.4 is 0 Å². The Kier molecular flexibility index (Phi) is 6.52. The molecule has 23 heavy (non-hydrogen) atoms. The minimum atomic E-state index is -0.415. The molecule has 0 saturated carbocycles. The van der Waals surface area contributed by atoms with Crippen molar-refractivity contribution < 1.29 is 8.78 Å². The first kappa shape index (κ1) is 17.4. The zero-order valence-electron chi connectivity index (χ0n) is 13.9. The van der Waals surface area contributed by atoms with Crippen molar-refractivity contribution in [3.8, 4) is 0 Å². The van der Waals surface area contributed by atoms with Gasteiger partial charge in [0.15, 0.2) is 0 Å². The Labute approximate surface area is 137 Å². The van der Waals surface area contributed by atoms with Crippen molar-refractivity contribution in [1.29, 1.82) is 0 Å². The minimum absolute atomic E-state index is 0.211. The van der Waals surface area contributed by atoms with E-state index >= 15 is 0 Å². The van der Waals surface area contributed by atoms with Crippen molar-refractivity contribution in [1.82, 2.24) is 0 Å². The summed E-state index contributed by atoms with van der Waals surface area (Å²) in [5.74, 6) is -0.830. The number of halogens is 2. The van der Waals surface area contributed by atoms with Gasteiger partial charge < -0.3 is 0 Å².